The maximum Gasteiger partial charge on any atom is 0.261 e. The number of nitriles is 1. The Kier molecular flexibility index (Phi) is 2.41. The molecule has 0 spiro atoms. The molecule has 0 unspecified atom stereocenters. The Balaban J connectivity index is 2.89. The van der Waals surface area contributed by atoms with Crippen LogP contribution in [0, 0.1) is 18.3 Å². The summed E-state index contributed by atoms with van der Waals surface area (Å²) in [4.78, 5) is 15.8. The SMILES string of the molecule is Cc1c(CF)nc2cc(C#N)ccn2c1=O. The van der Waals surface area contributed by atoms with Gasteiger partial charge in [-0.3, -0.25) is 9.20 Å². The van der Waals surface area contributed by atoms with E-state index >= 15 is 0 Å². The fourth-order valence-electron chi connectivity index (χ4n) is 1.47. The number of aromatic nitrogens is 2. The zero-order chi connectivity index (χ0) is 11.7. The standard InChI is InChI=1S/C11H8FN3O/c1-7-9(5-12)14-10-4-8(6-13)2-3-15(10)11(7)16/h2-4H,5H2,1H3. The Labute approximate surface area is 90.6 Å². The molecule has 0 saturated heterocycles. The molecule has 0 aliphatic rings. The average molecular weight is 217 g/mol. The number of nitrogens with zero attached hydrogens (tertiary/aromatic N) is 3. The van der Waals surface area contributed by atoms with E-state index in [0.717, 1.165) is 0 Å². The summed E-state index contributed by atoms with van der Waals surface area (Å²) in [6.45, 7) is 0.753. The molecule has 0 aliphatic carbocycles. The van der Waals surface area contributed by atoms with E-state index in [9.17, 15) is 9.18 Å². The zero-order valence-electron chi connectivity index (χ0n) is 8.57. The molecule has 2 aromatic heterocycles. The Bertz CT molecular complexity index is 655. The van der Waals surface area contributed by atoms with Crippen LogP contribution in [0.2, 0.25) is 0 Å². The van der Waals surface area contributed by atoms with Crippen LogP contribution in [0.25, 0.3) is 5.65 Å². The van der Waals surface area contributed by atoms with E-state index in [0.29, 0.717) is 16.8 Å². The minimum atomic E-state index is -0.783. The van der Waals surface area contributed by atoms with E-state index < -0.39 is 6.67 Å². The molecule has 0 aromatic carbocycles. The minimum absolute atomic E-state index is 0.125. The first kappa shape index (κ1) is 10.3. The van der Waals surface area contributed by atoms with Gasteiger partial charge in [0.2, 0.25) is 0 Å². The van der Waals surface area contributed by atoms with Gasteiger partial charge < -0.3 is 0 Å². The maximum absolute atomic E-state index is 12.6. The third-order valence-electron chi connectivity index (χ3n) is 2.41. The second kappa shape index (κ2) is 3.74. The molecule has 0 atom stereocenters. The highest BCUT2D eigenvalue weighted by Gasteiger charge is 2.08. The van der Waals surface area contributed by atoms with Crippen molar-refractivity contribution in [3.8, 4) is 6.07 Å². The van der Waals surface area contributed by atoms with Gasteiger partial charge in [0.25, 0.3) is 5.56 Å². The lowest BCUT2D eigenvalue weighted by molar-refractivity contribution is 0.473. The van der Waals surface area contributed by atoms with E-state index in [1.165, 1.54) is 29.7 Å². The van der Waals surface area contributed by atoms with E-state index in [2.05, 4.69) is 4.98 Å². The van der Waals surface area contributed by atoms with Gasteiger partial charge in [0.15, 0.2) is 0 Å². The molecule has 0 aliphatic heterocycles. The summed E-state index contributed by atoms with van der Waals surface area (Å²) >= 11 is 0. The van der Waals surface area contributed by atoms with Gasteiger partial charge in [-0.05, 0) is 19.1 Å². The van der Waals surface area contributed by atoms with Crippen LogP contribution >= 0.6 is 0 Å². The van der Waals surface area contributed by atoms with Crippen LogP contribution in [0.3, 0.4) is 0 Å². The van der Waals surface area contributed by atoms with Crippen molar-refractivity contribution < 1.29 is 4.39 Å². The Morgan fingerprint density at radius 3 is 3.00 bits per heavy atom. The first-order valence-corrected chi connectivity index (χ1v) is 4.65. The molecule has 5 heteroatoms. The number of rotatable bonds is 1. The van der Waals surface area contributed by atoms with Gasteiger partial charge in [0.05, 0.1) is 17.3 Å². The monoisotopic (exact) mass is 217 g/mol. The second-order valence-electron chi connectivity index (χ2n) is 3.38. The third kappa shape index (κ3) is 1.44. The molecule has 0 fully saturated rings. The molecule has 2 heterocycles. The first-order valence-electron chi connectivity index (χ1n) is 4.65. The van der Waals surface area contributed by atoms with Crippen molar-refractivity contribution >= 4 is 5.65 Å². The molecule has 16 heavy (non-hydrogen) atoms. The minimum Gasteiger partial charge on any atom is -0.269 e. The third-order valence-corrected chi connectivity index (χ3v) is 2.41. The van der Waals surface area contributed by atoms with Crippen LogP contribution in [0.1, 0.15) is 16.8 Å². The maximum atomic E-state index is 12.6. The van der Waals surface area contributed by atoms with Crippen LogP contribution < -0.4 is 5.56 Å². The van der Waals surface area contributed by atoms with E-state index in [1.54, 1.807) is 0 Å². The normalized spacial score (nSPS) is 10.3. The Morgan fingerprint density at radius 1 is 1.62 bits per heavy atom. The van der Waals surface area contributed by atoms with Crippen molar-refractivity contribution in [2.75, 3.05) is 0 Å². The quantitative estimate of drug-likeness (QED) is 0.724. The van der Waals surface area contributed by atoms with Crippen molar-refractivity contribution in [1.82, 2.24) is 9.38 Å². The van der Waals surface area contributed by atoms with Crippen LogP contribution in [-0.2, 0) is 6.67 Å². The molecular weight excluding hydrogens is 209 g/mol. The summed E-state index contributed by atoms with van der Waals surface area (Å²) in [6, 6.07) is 4.92. The van der Waals surface area contributed by atoms with Crippen molar-refractivity contribution in [1.29, 1.82) is 5.26 Å². The van der Waals surface area contributed by atoms with Gasteiger partial charge in [-0.2, -0.15) is 5.26 Å². The molecule has 0 radical (unpaired) electrons. The summed E-state index contributed by atoms with van der Waals surface area (Å²) in [5.74, 6) is 0. The lowest BCUT2D eigenvalue weighted by Gasteiger charge is -2.04. The Hall–Kier alpha value is -2.22. The van der Waals surface area contributed by atoms with Gasteiger partial charge in [0, 0.05) is 11.8 Å². The van der Waals surface area contributed by atoms with Crippen molar-refractivity contribution in [3.63, 3.8) is 0 Å². The second-order valence-corrected chi connectivity index (χ2v) is 3.38. The molecule has 0 N–H and O–H groups in total. The highest BCUT2D eigenvalue weighted by atomic mass is 19.1. The summed E-state index contributed by atoms with van der Waals surface area (Å²) in [5, 5.41) is 8.71. The number of fused-ring (bicyclic) bond motifs is 1. The fourth-order valence-corrected chi connectivity index (χ4v) is 1.47. The van der Waals surface area contributed by atoms with Crippen LogP contribution in [0.5, 0.6) is 0 Å². The predicted octanol–water partition coefficient (Wildman–Crippen LogP) is 1.34. The van der Waals surface area contributed by atoms with Crippen LogP contribution in [0.4, 0.5) is 4.39 Å². The highest BCUT2D eigenvalue weighted by molar-refractivity contribution is 5.46. The van der Waals surface area contributed by atoms with Crippen molar-refractivity contribution in [2.45, 2.75) is 13.6 Å². The first-order chi connectivity index (χ1) is 7.67. The Morgan fingerprint density at radius 2 is 2.38 bits per heavy atom. The number of hydrogen-bond acceptors (Lipinski definition) is 3. The number of alkyl halides is 1. The fraction of sp³-hybridized carbons (Fsp3) is 0.182. The van der Waals surface area contributed by atoms with Gasteiger partial charge in [-0.25, -0.2) is 9.37 Å². The number of hydrogen-bond donors (Lipinski definition) is 0. The molecule has 0 saturated carbocycles. The van der Waals surface area contributed by atoms with Gasteiger partial charge in [-0.1, -0.05) is 0 Å². The lowest BCUT2D eigenvalue weighted by atomic mass is 10.2. The summed E-state index contributed by atoms with van der Waals surface area (Å²) in [6.07, 6.45) is 1.47. The van der Waals surface area contributed by atoms with Gasteiger partial charge >= 0.3 is 0 Å². The predicted molar refractivity (Wildman–Crippen MR) is 55.7 cm³/mol. The smallest absolute Gasteiger partial charge is 0.261 e. The molecule has 0 amide bonds. The molecule has 2 rings (SSSR count). The molecule has 0 bridgehead atoms. The summed E-state index contributed by atoms with van der Waals surface area (Å²) in [7, 11) is 0. The van der Waals surface area contributed by atoms with E-state index in [4.69, 9.17) is 5.26 Å². The van der Waals surface area contributed by atoms with Gasteiger partial charge in [-0.15, -0.1) is 0 Å². The number of halogens is 1. The summed E-state index contributed by atoms with van der Waals surface area (Å²) < 4.78 is 13.9. The molecule has 80 valence electrons. The average Bonchev–Trinajstić information content (AvgIpc) is 2.33. The lowest BCUT2D eigenvalue weighted by Crippen LogP contribution is -2.19. The molecule has 4 nitrogen and oxygen atoms in total. The molecule has 2 aromatic rings. The molecular formula is C11H8FN3O. The van der Waals surface area contributed by atoms with Crippen LogP contribution in [0.15, 0.2) is 23.1 Å². The summed E-state index contributed by atoms with van der Waals surface area (Å²) in [5.41, 5.74) is 0.801. The number of pyridine rings is 1. The van der Waals surface area contributed by atoms with E-state index in [1.807, 2.05) is 6.07 Å². The highest BCUT2D eigenvalue weighted by Crippen LogP contribution is 2.07. The van der Waals surface area contributed by atoms with Crippen molar-refractivity contribution in [2.24, 2.45) is 0 Å². The largest absolute Gasteiger partial charge is 0.269 e. The van der Waals surface area contributed by atoms with E-state index in [-0.39, 0.29) is 11.3 Å². The van der Waals surface area contributed by atoms with Crippen molar-refractivity contribution in [3.05, 3.63) is 45.5 Å². The zero-order valence-corrected chi connectivity index (χ0v) is 8.57. The topological polar surface area (TPSA) is 58.2 Å². The van der Waals surface area contributed by atoms with Crippen LogP contribution in [-0.4, -0.2) is 9.38 Å². The van der Waals surface area contributed by atoms with Gasteiger partial charge in [0.1, 0.15) is 12.3 Å².